The average Bonchev–Trinajstić information content (AvgIpc) is 3.48. The first kappa shape index (κ1) is 18.0. The topological polar surface area (TPSA) is 59.0 Å². The van der Waals surface area contributed by atoms with Gasteiger partial charge in [-0.15, -0.1) is 0 Å². The summed E-state index contributed by atoms with van der Waals surface area (Å²) < 4.78 is 13.0. The number of aromatic hydroxyl groups is 1. The highest BCUT2D eigenvalue weighted by atomic mass is 16.6. The van der Waals surface area contributed by atoms with Gasteiger partial charge in [0.25, 0.3) is 0 Å². The number of likely N-dealkylation sites (tertiary alicyclic amines) is 1. The highest BCUT2D eigenvalue weighted by Gasteiger charge is 2.81. The molecule has 2 spiro atoms. The number of fused-ring (bicyclic) bond motifs is 2. The molecule has 4 bridgehead atoms. The molecule has 7 aliphatic rings. The largest absolute Gasteiger partial charge is 0.504 e. The first-order valence-corrected chi connectivity index (χ1v) is 11.8. The lowest BCUT2D eigenvalue weighted by atomic mass is 9.34. The van der Waals surface area contributed by atoms with Gasteiger partial charge in [-0.3, -0.25) is 9.69 Å². The molecule has 2 aliphatic heterocycles. The first-order chi connectivity index (χ1) is 14.5. The minimum absolute atomic E-state index is 0.0352. The molecule has 0 aromatic heterocycles. The van der Waals surface area contributed by atoms with Crippen LogP contribution in [0.5, 0.6) is 11.5 Å². The van der Waals surface area contributed by atoms with Crippen molar-refractivity contribution in [3.63, 3.8) is 0 Å². The van der Waals surface area contributed by atoms with E-state index in [0.29, 0.717) is 11.8 Å². The number of nitrogens with zero attached hydrogens (tertiary/aromatic N) is 1. The van der Waals surface area contributed by atoms with E-state index in [9.17, 15) is 9.90 Å². The lowest BCUT2D eigenvalue weighted by Gasteiger charge is -2.73. The molecule has 6 atom stereocenters. The Morgan fingerprint density at radius 3 is 2.87 bits per heavy atom. The van der Waals surface area contributed by atoms with Crippen LogP contribution in [0.25, 0.3) is 0 Å². The van der Waals surface area contributed by atoms with Gasteiger partial charge in [-0.05, 0) is 76.0 Å². The number of phenolic OH excluding ortho intramolecular Hbond substituents is 1. The monoisotopic (exact) mass is 409 g/mol. The Bertz CT molecular complexity index is 972. The number of ketones is 1. The van der Waals surface area contributed by atoms with Crippen LogP contribution in [0.3, 0.4) is 0 Å². The molecule has 30 heavy (non-hydrogen) atoms. The van der Waals surface area contributed by atoms with Gasteiger partial charge in [-0.1, -0.05) is 6.07 Å². The maximum Gasteiger partial charge on any atom is 0.165 e. The molecule has 5 aliphatic carbocycles. The quantitative estimate of drug-likeness (QED) is 0.828. The summed E-state index contributed by atoms with van der Waals surface area (Å²) in [7, 11) is 1.76. The van der Waals surface area contributed by atoms with Crippen LogP contribution in [0, 0.1) is 17.3 Å². The fourth-order valence-corrected chi connectivity index (χ4v) is 8.87. The minimum Gasteiger partial charge on any atom is -0.504 e. The molecule has 4 saturated carbocycles. The van der Waals surface area contributed by atoms with Gasteiger partial charge in [0, 0.05) is 36.1 Å². The van der Waals surface area contributed by atoms with Gasteiger partial charge in [0.2, 0.25) is 0 Å². The summed E-state index contributed by atoms with van der Waals surface area (Å²) in [6.07, 6.45) is 7.46. The summed E-state index contributed by atoms with van der Waals surface area (Å²) in [6, 6.07) is 4.40. The number of methoxy groups -OCH3 is 1. The Morgan fingerprint density at radius 1 is 1.30 bits per heavy atom. The number of phenols is 1. The summed E-state index contributed by atoms with van der Waals surface area (Å²) >= 11 is 0. The van der Waals surface area contributed by atoms with Crippen molar-refractivity contribution in [1.29, 1.82) is 0 Å². The van der Waals surface area contributed by atoms with Crippen molar-refractivity contribution in [2.45, 2.75) is 75.0 Å². The number of ether oxygens (including phenoxy) is 2. The number of Topliss-reactive ketones (excluding diaryl/α,β-unsaturated/α-hetero) is 1. The molecule has 3 unspecified atom stereocenters. The smallest absolute Gasteiger partial charge is 0.165 e. The summed E-state index contributed by atoms with van der Waals surface area (Å²) in [6.45, 7) is 4.03. The van der Waals surface area contributed by atoms with E-state index < -0.39 is 5.60 Å². The summed E-state index contributed by atoms with van der Waals surface area (Å²) in [5.41, 5.74) is 1.92. The van der Waals surface area contributed by atoms with Crippen molar-refractivity contribution in [3.8, 4) is 11.5 Å². The first-order valence-electron chi connectivity index (χ1n) is 11.8. The number of carbonyl (C=O) groups is 1. The predicted octanol–water partition coefficient (Wildman–Crippen LogP) is 3.21. The Balaban J connectivity index is 1.49. The zero-order valence-electron chi connectivity index (χ0n) is 17.9. The summed E-state index contributed by atoms with van der Waals surface area (Å²) in [4.78, 5) is 15.7. The third-order valence-electron chi connectivity index (χ3n) is 10.2. The third kappa shape index (κ3) is 1.76. The van der Waals surface area contributed by atoms with E-state index in [1.165, 1.54) is 30.5 Å². The molecule has 1 N–H and O–H groups in total. The Morgan fingerprint density at radius 2 is 2.13 bits per heavy atom. The van der Waals surface area contributed by atoms with Crippen molar-refractivity contribution in [1.82, 2.24) is 4.90 Å². The van der Waals surface area contributed by atoms with Crippen LogP contribution in [0.2, 0.25) is 0 Å². The van der Waals surface area contributed by atoms with Crippen molar-refractivity contribution >= 4 is 5.78 Å². The number of piperidine rings is 1. The van der Waals surface area contributed by atoms with Crippen LogP contribution in [-0.4, -0.2) is 53.7 Å². The van der Waals surface area contributed by atoms with E-state index in [1.54, 1.807) is 14.0 Å². The second kappa shape index (κ2) is 5.42. The second-order valence-corrected chi connectivity index (χ2v) is 11.0. The molecule has 0 amide bonds. The number of rotatable bonds is 4. The number of benzene rings is 1. The van der Waals surface area contributed by atoms with Crippen LogP contribution in [0.15, 0.2) is 12.1 Å². The molecular weight excluding hydrogens is 378 g/mol. The van der Waals surface area contributed by atoms with Gasteiger partial charge in [0.15, 0.2) is 11.5 Å². The highest BCUT2D eigenvalue weighted by Crippen LogP contribution is 2.76. The number of hydrogen-bond donors (Lipinski definition) is 1. The molecule has 5 nitrogen and oxygen atoms in total. The molecular formula is C25H31NO4. The third-order valence-corrected chi connectivity index (χ3v) is 10.2. The normalized spacial score (nSPS) is 45.2. The zero-order chi connectivity index (χ0) is 20.5. The molecule has 1 aromatic rings. The van der Waals surface area contributed by atoms with Crippen molar-refractivity contribution in [3.05, 3.63) is 23.3 Å². The van der Waals surface area contributed by atoms with Crippen LogP contribution < -0.4 is 4.74 Å². The Hall–Kier alpha value is -1.59. The van der Waals surface area contributed by atoms with E-state index in [-0.39, 0.29) is 34.4 Å². The lowest BCUT2D eigenvalue weighted by molar-refractivity contribution is -0.271. The van der Waals surface area contributed by atoms with E-state index >= 15 is 0 Å². The Kier molecular flexibility index (Phi) is 3.25. The fourth-order valence-electron chi connectivity index (χ4n) is 8.87. The Labute approximate surface area is 177 Å². The molecule has 8 rings (SSSR count). The van der Waals surface area contributed by atoms with Gasteiger partial charge in [-0.25, -0.2) is 0 Å². The lowest BCUT2D eigenvalue weighted by Crippen LogP contribution is -2.81. The molecule has 0 radical (unpaired) electrons. The second-order valence-electron chi connectivity index (χ2n) is 11.0. The highest BCUT2D eigenvalue weighted by molar-refractivity contribution is 5.81. The molecule has 5 heteroatoms. The summed E-state index contributed by atoms with van der Waals surface area (Å²) in [5, 5.41) is 10.8. The van der Waals surface area contributed by atoms with E-state index in [2.05, 4.69) is 11.0 Å². The van der Waals surface area contributed by atoms with E-state index in [1.807, 2.05) is 6.07 Å². The van der Waals surface area contributed by atoms with Crippen LogP contribution in [0.4, 0.5) is 0 Å². The fraction of sp³-hybridized carbons (Fsp3) is 0.720. The van der Waals surface area contributed by atoms with Crippen LogP contribution >= 0.6 is 0 Å². The standard InChI is InChI=1S/C25H31NO4/c1-14(27)17-12-23-7-8-25(17,29-2)22-24(23)9-10-26(13-15-3-4-15)19(23)11-16-5-6-18(28)21(30-22)20(16)24/h5-6,15,17,19,22,28H,3-4,7-13H2,1-2H3/t17-,19?,22+,23?,24+,25?/m1/s1. The molecule has 5 fully saturated rings. The number of carbonyl (C=O) groups excluding carboxylic acids is 1. The van der Waals surface area contributed by atoms with Gasteiger partial charge in [0.1, 0.15) is 17.5 Å². The van der Waals surface area contributed by atoms with E-state index in [4.69, 9.17) is 9.47 Å². The van der Waals surface area contributed by atoms with Gasteiger partial charge in [-0.2, -0.15) is 0 Å². The number of hydrogen-bond acceptors (Lipinski definition) is 5. The average molecular weight is 410 g/mol. The van der Waals surface area contributed by atoms with Crippen molar-refractivity contribution in [2.75, 3.05) is 20.2 Å². The zero-order valence-corrected chi connectivity index (χ0v) is 17.9. The summed E-state index contributed by atoms with van der Waals surface area (Å²) in [5.74, 6) is 1.89. The minimum atomic E-state index is -0.586. The van der Waals surface area contributed by atoms with Gasteiger partial charge < -0.3 is 14.6 Å². The predicted molar refractivity (Wildman–Crippen MR) is 111 cm³/mol. The molecule has 2 heterocycles. The van der Waals surface area contributed by atoms with E-state index in [0.717, 1.165) is 44.6 Å². The SMILES string of the molecule is COC12CCC3(C[C@@H]1C(C)=O)C1Cc4ccc(O)c5c4[C@@]3(CCN1CC1CC1)[C@@H]2O5. The maximum atomic E-state index is 12.9. The van der Waals surface area contributed by atoms with Gasteiger partial charge >= 0.3 is 0 Å². The van der Waals surface area contributed by atoms with Gasteiger partial charge in [0.05, 0.1) is 5.92 Å². The van der Waals surface area contributed by atoms with Crippen LogP contribution in [-0.2, 0) is 21.4 Å². The van der Waals surface area contributed by atoms with Crippen molar-refractivity contribution < 1.29 is 19.4 Å². The molecule has 1 aromatic carbocycles. The van der Waals surface area contributed by atoms with Crippen LogP contribution in [0.1, 0.15) is 56.6 Å². The maximum absolute atomic E-state index is 12.9. The van der Waals surface area contributed by atoms with Crippen molar-refractivity contribution in [2.24, 2.45) is 17.3 Å². The molecule has 160 valence electrons. The molecule has 1 saturated heterocycles.